The van der Waals surface area contributed by atoms with E-state index in [1.165, 1.54) is 0 Å². The summed E-state index contributed by atoms with van der Waals surface area (Å²) in [4.78, 5) is 11.9. The number of allylic oxidation sites excluding steroid dienone is 1. The van der Waals surface area contributed by atoms with Gasteiger partial charge in [0.1, 0.15) is 6.61 Å². The zero-order valence-electron chi connectivity index (χ0n) is 11.6. The third kappa shape index (κ3) is 3.93. The van der Waals surface area contributed by atoms with Crippen molar-refractivity contribution in [1.82, 2.24) is 0 Å². The smallest absolute Gasteiger partial charge is 0.338 e. The lowest BCUT2D eigenvalue weighted by molar-refractivity contribution is -0.0250. The zero-order chi connectivity index (χ0) is 14.3. The molecule has 19 heavy (non-hydrogen) atoms. The van der Waals surface area contributed by atoms with Gasteiger partial charge in [0.2, 0.25) is 0 Å². The molecule has 0 spiro atoms. The lowest BCUT2D eigenvalue weighted by atomic mass is 9.78. The predicted molar refractivity (Wildman–Crippen MR) is 75.9 cm³/mol. The van der Waals surface area contributed by atoms with E-state index in [1.54, 1.807) is 37.3 Å². The largest absolute Gasteiger partial charge is 0.461 e. The Labute approximate surface area is 114 Å². The fraction of sp³-hybridized carbons (Fsp3) is 0.438. The van der Waals surface area contributed by atoms with Crippen molar-refractivity contribution in [2.45, 2.75) is 32.8 Å². The first kappa shape index (κ1) is 15.4. The van der Waals surface area contributed by atoms with Crippen LogP contribution in [-0.2, 0) is 4.74 Å². The summed E-state index contributed by atoms with van der Waals surface area (Å²) in [6, 6.07) is 8.86. The molecule has 0 fully saturated rings. The highest BCUT2D eigenvalue weighted by Gasteiger charge is 2.34. The van der Waals surface area contributed by atoms with Gasteiger partial charge in [0, 0.05) is 5.41 Å². The maximum absolute atomic E-state index is 11.9. The summed E-state index contributed by atoms with van der Waals surface area (Å²) < 4.78 is 5.35. The standard InChI is InChI=1S/C16H22O3/c1-4-11-16(5-2,13(3)17)12-19-15(18)14-9-7-6-8-10-14/h4,6-10,13,17H,1,5,11-12H2,2-3H3/t13-,16+/m1/s1. The van der Waals surface area contributed by atoms with Gasteiger partial charge >= 0.3 is 5.97 Å². The number of aliphatic hydroxyl groups excluding tert-OH is 1. The highest BCUT2D eigenvalue weighted by molar-refractivity contribution is 5.89. The van der Waals surface area contributed by atoms with Crippen LogP contribution >= 0.6 is 0 Å². The number of benzene rings is 1. The molecule has 104 valence electrons. The van der Waals surface area contributed by atoms with Crippen LogP contribution < -0.4 is 0 Å². The molecule has 2 atom stereocenters. The number of rotatable bonds is 7. The van der Waals surface area contributed by atoms with E-state index < -0.39 is 11.5 Å². The summed E-state index contributed by atoms with van der Waals surface area (Å²) in [6.07, 6.45) is 2.54. The lowest BCUT2D eigenvalue weighted by Gasteiger charge is -2.34. The maximum Gasteiger partial charge on any atom is 0.338 e. The van der Waals surface area contributed by atoms with Gasteiger partial charge in [-0.2, -0.15) is 0 Å². The lowest BCUT2D eigenvalue weighted by Crippen LogP contribution is -2.37. The molecule has 0 amide bonds. The number of carbonyl (C=O) groups excluding carboxylic acids is 1. The van der Waals surface area contributed by atoms with Gasteiger partial charge in [-0.3, -0.25) is 0 Å². The first-order valence-corrected chi connectivity index (χ1v) is 6.57. The SMILES string of the molecule is C=CC[C@@](CC)(COC(=O)c1ccccc1)[C@@H](C)O. The Morgan fingerprint density at radius 3 is 2.58 bits per heavy atom. The summed E-state index contributed by atoms with van der Waals surface area (Å²) in [7, 11) is 0. The molecule has 0 aromatic heterocycles. The molecule has 0 saturated heterocycles. The van der Waals surface area contributed by atoms with Crippen LogP contribution in [0.1, 0.15) is 37.0 Å². The van der Waals surface area contributed by atoms with Crippen molar-refractivity contribution in [2.75, 3.05) is 6.61 Å². The molecule has 0 aliphatic heterocycles. The van der Waals surface area contributed by atoms with Gasteiger partial charge in [0.25, 0.3) is 0 Å². The third-order valence-corrected chi connectivity index (χ3v) is 3.64. The van der Waals surface area contributed by atoms with E-state index in [9.17, 15) is 9.90 Å². The van der Waals surface area contributed by atoms with E-state index in [2.05, 4.69) is 6.58 Å². The monoisotopic (exact) mass is 262 g/mol. The molecule has 3 nitrogen and oxygen atoms in total. The van der Waals surface area contributed by atoms with Crippen LogP contribution in [0.2, 0.25) is 0 Å². The first-order valence-electron chi connectivity index (χ1n) is 6.57. The summed E-state index contributed by atoms with van der Waals surface area (Å²) in [6.45, 7) is 7.61. The average molecular weight is 262 g/mol. The molecule has 1 N–H and O–H groups in total. The van der Waals surface area contributed by atoms with Crippen molar-refractivity contribution in [2.24, 2.45) is 5.41 Å². The minimum absolute atomic E-state index is 0.195. The number of carbonyl (C=O) groups is 1. The summed E-state index contributed by atoms with van der Waals surface area (Å²) in [5.41, 5.74) is 0.0725. The minimum atomic E-state index is -0.556. The zero-order valence-corrected chi connectivity index (χ0v) is 11.6. The third-order valence-electron chi connectivity index (χ3n) is 3.64. The fourth-order valence-corrected chi connectivity index (χ4v) is 2.05. The van der Waals surface area contributed by atoms with Gasteiger partial charge in [-0.1, -0.05) is 31.2 Å². The second kappa shape index (κ2) is 7.10. The molecule has 0 heterocycles. The van der Waals surface area contributed by atoms with Crippen molar-refractivity contribution >= 4 is 5.97 Å². The highest BCUT2D eigenvalue weighted by Crippen LogP contribution is 2.32. The van der Waals surface area contributed by atoms with Crippen molar-refractivity contribution in [3.8, 4) is 0 Å². The fourth-order valence-electron chi connectivity index (χ4n) is 2.05. The second-order valence-electron chi connectivity index (χ2n) is 4.83. The normalized spacial score (nSPS) is 15.3. The Kier molecular flexibility index (Phi) is 5.77. The summed E-state index contributed by atoms with van der Waals surface area (Å²) >= 11 is 0. The van der Waals surface area contributed by atoms with Gasteiger partial charge in [0.15, 0.2) is 0 Å². The van der Waals surface area contributed by atoms with Crippen molar-refractivity contribution in [3.05, 3.63) is 48.6 Å². The van der Waals surface area contributed by atoms with Gasteiger partial charge in [-0.15, -0.1) is 6.58 Å². The van der Waals surface area contributed by atoms with Crippen LogP contribution in [0.25, 0.3) is 0 Å². The minimum Gasteiger partial charge on any atom is -0.461 e. The van der Waals surface area contributed by atoms with Crippen LogP contribution in [0.3, 0.4) is 0 Å². The second-order valence-corrected chi connectivity index (χ2v) is 4.83. The average Bonchev–Trinajstić information content (AvgIpc) is 2.43. The van der Waals surface area contributed by atoms with Gasteiger partial charge in [-0.25, -0.2) is 4.79 Å². The van der Waals surface area contributed by atoms with Crippen molar-refractivity contribution in [1.29, 1.82) is 0 Å². The number of hydrogen-bond donors (Lipinski definition) is 1. The molecular weight excluding hydrogens is 240 g/mol. The van der Waals surface area contributed by atoms with Gasteiger partial charge in [0.05, 0.1) is 11.7 Å². The predicted octanol–water partition coefficient (Wildman–Crippen LogP) is 3.20. The number of aliphatic hydroxyl groups is 1. The van der Waals surface area contributed by atoms with E-state index in [-0.39, 0.29) is 12.6 Å². The molecule has 0 aliphatic rings. The topological polar surface area (TPSA) is 46.5 Å². The number of esters is 1. The quantitative estimate of drug-likeness (QED) is 0.606. The maximum atomic E-state index is 11.9. The Bertz CT molecular complexity index is 411. The molecule has 0 radical (unpaired) electrons. The van der Waals surface area contributed by atoms with E-state index in [1.807, 2.05) is 13.0 Å². The highest BCUT2D eigenvalue weighted by atomic mass is 16.5. The van der Waals surface area contributed by atoms with Gasteiger partial charge in [-0.05, 0) is 31.9 Å². The number of hydrogen-bond acceptors (Lipinski definition) is 3. The van der Waals surface area contributed by atoms with Crippen LogP contribution in [-0.4, -0.2) is 23.8 Å². The molecule has 0 aliphatic carbocycles. The Balaban J connectivity index is 2.71. The molecule has 0 bridgehead atoms. The van der Waals surface area contributed by atoms with Crippen molar-refractivity contribution < 1.29 is 14.6 Å². The van der Waals surface area contributed by atoms with Crippen LogP contribution in [0, 0.1) is 5.41 Å². The van der Waals surface area contributed by atoms with E-state index in [0.717, 1.165) is 6.42 Å². The Hall–Kier alpha value is -1.61. The van der Waals surface area contributed by atoms with Gasteiger partial charge < -0.3 is 9.84 Å². The summed E-state index contributed by atoms with van der Waals surface area (Å²) in [5.74, 6) is -0.358. The van der Waals surface area contributed by atoms with Crippen LogP contribution in [0.5, 0.6) is 0 Å². The van der Waals surface area contributed by atoms with Crippen LogP contribution in [0.15, 0.2) is 43.0 Å². The van der Waals surface area contributed by atoms with E-state index in [4.69, 9.17) is 4.74 Å². The molecule has 1 rings (SSSR count). The van der Waals surface area contributed by atoms with Crippen LogP contribution in [0.4, 0.5) is 0 Å². The first-order chi connectivity index (χ1) is 9.05. The molecule has 0 saturated carbocycles. The number of ether oxygens (including phenoxy) is 1. The molecule has 1 aromatic rings. The molecular formula is C16H22O3. The summed E-state index contributed by atoms with van der Waals surface area (Å²) in [5, 5.41) is 9.94. The Morgan fingerprint density at radius 2 is 2.11 bits per heavy atom. The molecule has 0 unspecified atom stereocenters. The van der Waals surface area contributed by atoms with Crippen molar-refractivity contribution in [3.63, 3.8) is 0 Å². The molecule has 1 aromatic carbocycles. The van der Waals surface area contributed by atoms with E-state index in [0.29, 0.717) is 12.0 Å². The molecule has 3 heteroatoms. The van der Waals surface area contributed by atoms with E-state index >= 15 is 0 Å². The Morgan fingerprint density at radius 1 is 1.47 bits per heavy atom.